The van der Waals surface area contributed by atoms with Gasteiger partial charge in [-0.05, 0) is 29.8 Å². The number of benzene rings is 1. The molecule has 0 aliphatic carbocycles. The van der Waals surface area contributed by atoms with Gasteiger partial charge in [-0.25, -0.2) is 4.98 Å². The molecule has 8 nitrogen and oxygen atoms in total. The van der Waals surface area contributed by atoms with Gasteiger partial charge < -0.3 is 20.7 Å². The van der Waals surface area contributed by atoms with Gasteiger partial charge >= 0.3 is 0 Å². The number of phenolic OH excluding ortho intramolecular Hbond substituents is 1. The number of nitrogens with one attached hydrogen (secondary N) is 1. The van der Waals surface area contributed by atoms with Crippen molar-refractivity contribution in [3.05, 3.63) is 65.6 Å². The maximum absolute atomic E-state index is 12.1. The van der Waals surface area contributed by atoms with E-state index in [-0.39, 0.29) is 17.5 Å². The summed E-state index contributed by atoms with van der Waals surface area (Å²) in [5, 5.41) is 22.3. The summed E-state index contributed by atoms with van der Waals surface area (Å²) in [5.74, 6) is 0.171. The number of amides is 1. The number of aromatic hydroxyl groups is 1. The number of primary amides is 1. The first-order valence-electron chi connectivity index (χ1n) is 8.71. The molecule has 1 aromatic carbocycles. The second-order valence-electron chi connectivity index (χ2n) is 6.75. The molecular formula is C20H16N6O2. The molecule has 0 saturated heterocycles. The lowest BCUT2D eigenvalue weighted by molar-refractivity contribution is 0.0995. The Labute approximate surface area is 159 Å². The van der Waals surface area contributed by atoms with Gasteiger partial charge in [0.05, 0.1) is 6.04 Å². The van der Waals surface area contributed by atoms with Gasteiger partial charge in [-0.1, -0.05) is 12.1 Å². The largest absolute Gasteiger partial charge is 0.508 e. The quantitative estimate of drug-likeness (QED) is 0.497. The first-order valence-corrected chi connectivity index (χ1v) is 8.71. The van der Waals surface area contributed by atoms with Crippen molar-refractivity contribution in [2.75, 3.05) is 5.32 Å². The minimum absolute atomic E-state index is 0.113. The third-order valence-corrected chi connectivity index (χ3v) is 5.04. The summed E-state index contributed by atoms with van der Waals surface area (Å²) in [4.78, 5) is 16.6. The van der Waals surface area contributed by atoms with Crippen molar-refractivity contribution in [1.82, 2.24) is 19.7 Å². The van der Waals surface area contributed by atoms with Gasteiger partial charge in [0.15, 0.2) is 11.3 Å². The van der Waals surface area contributed by atoms with Crippen LogP contribution in [-0.4, -0.2) is 30.8 Å². The number of anilines is 1. The Bertz CT molecular complexity index is 1250. The molecule has 28 heavy (non-hydrogen) atoms. The van der Waals surface area contributed by atoms with Crippen LogP contribution < -0.4 is 11.1 Å². The molecule has 0 spiro atoms. The summed E-state index contributed by atoms with van der Waals surface area (Å²) in [7, 11) is 1.88. The fourth-order valence-electron chi connectivity index (χ4n) is 3.80. The third kappa shape index (κ3) is 2.24. The van der Waals surface area contributed by atoms with Gasteiger partial charge in [-0.15, -0.1) is 10.2 Å². The van der Waals surface area contributed by atoms with E-state index in [2.05, 4.69) is 20.5 Å². The first kappa shape index (κ1) is 16.2. The fraction of sp³-hybridized carbons (Fsp3) is 0.100. The highest BCUT2D eigenvalue weighted by Gasteiger charge is 2.31. The first-order chi connectivity index (χ1) is 13.5. The third-order valence-electron chi connectivity index (χ3n) is 5.04. The number of rotatable bonds is 2. The number of carbonyl (C=O) groups excluding carboxylic acids is 1. The zero-order chi connectivity index (χ0) is 19.4. The van der Waals surface area contributed by atoms with Gasteiger partial charge in [-0.2, -0.15) is 0 Å². The van der Waals surface area contributed by atoms with Crippen LogP contribution in [0.25, 0.3) is 22.2 Å². The van der Waals surface area contributed by atoms with E-state index in [4.69, 9.17) is 5.73 Å². The van der Waals surface area contributed by atoms with Gasteiger partial charge in [0, 0.05) is 41.5 Å². The van der Waals surface area contributed by atoms with E-state index >= 15 is 0 Å². The summed E-state index contributed by atoms with van der Waals surface area (Å²) < 4.78 is 1.88. The molecule has 5 rings (SSSR count). The van der Waals surface area contributed by atoms with Crippen LogP contribution in [-0.2, 0) is 7.05 Å². The normalized spacial score (nSPS) is 15.0. The van der Waals surface area contributed by atoms with Crippen LogP contribution in [0.2, 0.25) is 0 Å². The number of hydrogen-bond acceptors (Lipinski definition) is 6. The van der Waals surface area contributed by atoms with Gasteiger partial charge in [0.2, 0.25) is 0 Å². The maximum atomic E-state index is 12.1. The van der Waals surface area contributed by atoms with Crippen LogP contribution in [0.1, 0.15) is 27.7 Å². The van der Waals surface area contributed by atoms with Crippen LogP contribution in [0.15, 0.2) is 48.8 Å². The van der Waals surface area contributed by atoms with Crippen molar-refractivity contribution in [3.63, 3.8) is 0 Å². The average Bonchev–Trinajstić information content (AvgIpc) is 2.95. The number of aryl methyl sites for hydroxylation is 1. The summed E-state index contributed by atoms with van der Waals surface area (Å²) in [6.07, 6.45) is 3.65. The van der Waals surface area contributed by atoms with Crippen LogP contribution >= 0.6 is 0 Å². The number of phenols is 1. The zero-order valence-electron chi connectivity index (χ0n) is 14.9. The predicted molar refractivity (Wildman–Crippen MR) is 104 cm³/mol. The molecule has 0 fully saturated rings. The zero-order valence-corrected chi connectivity index (χ0v) is 14.9. The Morgan fingerprint density at radius 2 is 2.00 bits per heavy atom. The van der Waals surface area contributed by atoms with Crippen LogP contribution in [0.3, 0.4) is 0 Å². The Hall–Kier alpha value is -3.94. The molecule has 1 amide bonds. The molecular weight excluding hydrogens is 356 g/mol. The standard InChI is InChI=1S/C20H16N6O2/c1-26-9-13-15-14(17(18(21)28)24-25-20(15)26)12-3-2-8-22-19(12)23-16(13)10-4-6-11(27)7-5-10/h2-9,16,27H,1H3,(H2,21,28)(H,22,23). The summed E-state index contributed by atoms with van der Waals surface area (Å²) in [6, 6.07) is 10.4. The lowest BCUT2D eigenvalue weighted by Gasteiger charge is -2.18. The Balaban J connectivity index is 1.91. The van der Waals surface area contributed by atoms with Gasteiger partial charge in [0.25, 0.3) is 5.91 Å². The number of hydrogen-bond donors (Lipinski definition) is 3. The molecule has 1 unspecified atom stereocenters. The lowest BCUT2D eigenvalue weighted by Crippen LogP contribution is -2.16. The highest BCUT2D eigenvalue weighted by atomic mass is 16.3. The minimum Gasteiger partial charge on any atom is -0.508 e. The van der Waals surface area contributed by atoms with Crippen LogP contribution in [0, 0.1) is 0 Å². The predicted octanol–water partition coefficient (Wildman–Crippen LogP) is 2.35. The summed E-state index contributed by atoms with van der Waals surface area (Å²) >= 11 is 0. The van der Waals surface area contributed by atoms with E-state index in [1.54, 1.807) is 24.4 Å². The second-order valence-corrected chi connectivity index (χ2v) is 6.75. The van der Waals surface area contributed by atoms with E-state index < -0.39 is 5.91 Å². The highest BCUT2D eigenvalue weighted by Crippen LogP contribution is 2.44. The Kier molecular flexibility index (Phi) is 3.35. The Morgan fingerprint density at radius 1 is 1.21 bits per heavy atom. The number of fused-ring (bicyclic) bond motifs is 2. The summed E-state index contributed by atoms with van der Waals surface area (Å²) in [5.41, 5.74) is 9.61. The lowest BCUT2D eigenvalue weighted by atomic mass is 9.96. The van der Waals surface area contributed by atoms with E-state index in [1.807, 2.05) is 36.0 Å². The van der Waals surface area contributed by atoms with Crippen molar-refractivity contribution in [2.24, 2.45) is 12.8 Å². The van der Waals surface area contributed by atoms with Crippen molar-refractivity contribution in [3.8, 4) is 16.9 Å². The number of nitrogens with zero attached hydrogens (tertiary/aromatic N) is 4. The Morgan fingerprint density at radius 3 is 2.75 bits per heavy atom. The molecule has 138 valence electrons. The molecule has 1 atom stereocenters. The monoisotopic (exact) mass is 372 g/mol. The van der Waals surface area contributed by atoms with Crippen molar-refractivity contribution in [2.45, 2.75) is 6.04 Å². The van der Waals surface area contributed by atoms with Gasteiger partial charge in [-0.3, -0.25) is 4.79 Å². The van der Waals surface area contributed by atoms with E-state index in [1.165, 1.54) is 0 Å². The average molecular weight is 372 g/mol. The smallest absolute Gasteiger partial charge is 0.269 e. The molecule has 3 aromatic heterocycles. The van der Waals surface area contributed by atoms with E-state index in [9.17, 15) is 9.90 Å². The molecule has 4 N–H and O–H groups in total. The number of pyridine rings is 1. The van der Waals surface area contributed by atoms with Crippen molar-refractivity contribution in [1.29, 1.82) is 0 Å². The van der Waals surface area contributed by atoms with E-state index in [0.717, 1.165) is 22.1 Å². The minimum atomic E-state index is -0.642. The number of carbonyl (C=O) groups is 1. The molecule has 0 saturated carbocycles. The SMILES string of the molecule is Cn1cc2c3c(c(C(N)=O)nnc31)-c1cccnc1NC2c1ccc(O)cc1. The molecule has 0 radical (unpaired) electrons. The van der Waals surface area contributed by atoms with Crippen LogP contribution in [0.4, 0.5) is 5.82 Å². The molecule has 4 heterocycles. The molecule has 1 aliphatic heterocycles. The molecule has 4 aromatic rings. The number of nitrogens with two attached hydrogens (primary N) is 1. The fourth-order valence-corrected chi connectivity index (χ4v) is 3.80. The summed E-state index contributed by atoms with van der Waals surface area (Å²) in [6.45, 7) is 0. The second kappa shape index (κ2) is 5.78. The van der Waals surface area contributed by atoms with Crippen molar-refractivity contribution < 1.29 is 9.90 Å². The molecule has 1 aliphatic rings. The highest BCUT2D eigenvalue weighted by molar-refractivity contribution is 6.09. The number of aromatic nitrogens is 4. The maximum Gasteiger partial charge on any atom is 0.269 e. The topological polar surface area (TPSA) is 119 Å². The van der Waals surface area contributed by atoms with Crippen molar-refractivity contribution >= 4 is 22.8 Å². The molecule has 0 bridgehead atoms. The van der Waals surface area contributed by atoms with Gasteiger partial charge in [0.1, 0.15) is 11.6 Å². The van der Waals surface area contributed by atoms with Crippen LogP contribution in [0.5, 0.6) is 5.75 Å². The van der Waals surface area contributed by atoms with E-state index in [0.29, 0.717) is 17.0 Å². The molecule has 8 heteroatoms.